The molecule has 0 unspecified atom stereocenters. The second kappa shape index (κ2) is 10.8. The SMILES string of the molecule is Cn1c(C(=O)NCCNC(=O)c2ccc(OC3CCC(C(=O)O)CC3)cc2)cc2cc(Cl)ccc21. The van der Waals surface area contributed by atoms with Gasteiger partial charge in [0.05, 0.1) is 12.0 Å². The Morgan fingerprint density at radius 3 is 2.29 bits per heavy atom. The third kappa shape index (κ3) is 5.95. The van der Waals surface area contributed by atoms with Crippen molar-refractivity contribution in [2.75, 3.05) is 13.1 Å². The fourth-order valence-corrected chi connectivity index (χ4v) is 4.57. The monoisotopic (exact) mass is 497 g/mol. The van der Waals surface area contributed by atoms with Crippen molar-refractivity contribution < 1.29 is 24.2 Å². The predicted octanol–water partition coefficient (Wildman–Crippen LogP) is 4.01. The highest BCUT2D eigenvalue weighted by Crippen LogP contribution is 2.28. The van der Waals surface area contributed by atoms with Crippen LogP contribution in [0.15, 0.2) is 48.5 Å². The van der Waals surface area contributed by atoms with Crippen molar-refractivity contribution in [3.63, 3.8) is 0 Å². The van der Waals surface area contributed by atoms with Crippen LogP contribution in [0.25, 0.3) is 10.9 Å². The molecule has 0 atom stereocenters. The molecule has 0 saturated heterocycles. The summed E-state index contributed by atoms with van der Waals surface area (Å²) in [6.07, 6.45) is 2.64. The van der Waals surface area contributed by atoms with E-state index in [2.05, 4.69) is 10.6 Å². The minimum atomic E-state index is -0.739. The molecule has 1 heterocycles. The molecule has 4 rings (SSSR count). The molecular weight excluding hydrogens is 470 g/mol. The first-order valence-electron chi connectivity index (χ1n) is 11.6. The predicted molar refractivity (Wildman–Crippen MR) is 133 cm³/mol. The molecule has 0 bridgehead atoms. The van der Waals surface area contributed by atoms with Crippen LogP contribution in [-0.2, 0) is 11.8 Å². The average molecular weight is 498 g/mol. The number of aromatic nitrogens is 1. The molecule has 2 aromatic carbocycles. The maximum atomic E-state index is 12.6. The van der Waals surface area contributed by atoms with E-state index in [-0.39, 0.29) is 36.9 Å². The molecule has 184 valence electrons. The highest BCUT2D eigenvalue weighted by molar-refractivity contribution is 6.31. The zero-order chi connectivity index (χ0) is 24.9. The molecule has 3 N–H and O–H groups in total. The van der Waals surface area contributed by atoms with Crippen LogP contribution in [0.3, 0.4) is 0 Å². The summed E-state index contributed by atoms with van der Waals surface area (Å²) in [5, 5.41) is 16.2. The molecule has 1 saturated carbocycles. The third-order valence-corrected chi connectivity index (χ3v) is 6.61. The van der Waals surface area contributed by atoms with Gasteiger partial charge in [0.15, 0.2) is 0 Å². The van der Waals surface area contributed by atoms with Crippen LogP contribution in [0.5, 0.6) is 5.75 Å². The van der Waals surface area contributed by atoms with Gasteiger partial charge in [0.1, 0.15) is 11.4 Å². The van der Waals surface area contributed by atoms with Crippen LogP contribution < -0.4 is 15.4 Å². The van der Waals surface area contributed by atoms with Crippen LogP contribution in [0.4, 0.5) is 0 Å². The van der Waals surface area contributed by atoms with E-state index in [9.17, 15) is 14.4 Å². The Morgan fingerprint density at radius 2 is 1.63 bits per heavy atom. The summed E-state index contributed by atoms with van der Waals surface area (Å²) in [7, 11) is 1.82. The Labute approximate surface area is 208 Å². The number of carboxylic acid groups (broad SMARTS) is 1. The Bertz CT molecular complexity index is 1230. The molecule has 1 aliphatic rings. The van der Waals surface area contributed by atoms with E-state index < -0.39 is 5.97 Å². The van der Waals surface area contributed by atoms with Gasteiger partial charge >= 0.3 is 5.97 Å². The third-order valence-electron chi connectivity index (χ3n) is 6.38. The number of carbonyl (C=O) groups is 3. The minimum absolute atomic E-state index is 0.00677. The molecule has 0 radical (unpaired) electrons. The molecule has 2 amide bonds. The number of ether oxygens (including phenoxy) is 1. The fourth-order valence-electron chi connectivity index (χ4n) is 4.39. The number of aryl methyl sites for hydroxylation is 1. The van der Waals surface area contributed by atoms with Gasteiger partial charge in [0, 0.05) is 41.6 Å². The number of carbonyl (C=O) groups excluding carboxylic acids is 2. The maximum Gasteiger partial charge on any atom is 0.306 e. The molecule has 1 fully saturated rings. The summed E-state index contributed by atoms with van der Waals surface area (Å²) in [6.45, 7) is 0.568. The highest BCUT2D eigenvalue weighted by atomic mass is 35.5. The van der Waals surface area contributed by atoms with Crippen LogP contribution in [0.1, 0.15) is 46.5 Å². The topological polar surface area (TPSA) is 110 Å². The number of nitrogens with one attached hydrogen (secondary N) is 2. The van der Waals surface area contributed by atoms with E-state index in [1.165, 1.54) is 0 Å². The maximum absolute atomic E-state index is 12.6. The summed E-state index contributed by atoms with van der Waals surface area (Å²) < 4.78 is 7.75. The molecule has 1 aromatic heterocycles. The van der Waals surface area contributed by atoms with Crippen molar-refractivity contribution in [2.45, 2.75) is 31.8 Å². The van der Waals surface area contributed by atoms with Gasteiger partial charge in [0.25, 0.3) is 11.8 Å². The van der Waals surface area contributed by atoms with Gasteiger partial charge in [-0.3, -0.25) is 14.4 Å². The van der Waals surface area contributed by atoms with Crippen LogP contribution in [0.2, 0.25) is 5.02 Å². The Balaban J connectivity index is 1.21. The van der Waals surface area contributed by atoms with Crippen molar-refractivity contribution in [3.8, 4) is 5.75 Å². The number of amides is 2. The van der Waals surface area contributed by atoms with Crippen molar-refractivity contribution in [3.05, 3.63) is 64.8 Å². The summed E-state index contributed by atoms with van der Waals surface area (Å²) >= 11 is 6.03. The van der Waals surface area contributed by atoms with E-state index >= 15 is 0 Å². The molecule has 9 heteroatoms. The van der Waals surface area contributed by atoms with Gasteiger partial charge < -0.3 is 25.0 Å². The van der Waals surface area contributed by atoms with Gasteiger partial charge in [-0.2, -0.15) is 0 Å². The standard InChI is InChI=1S/C26H28ClN3O5/c1-30-22-11-6-19(27)14-18(22)15-23(30)25(32)29-13-12-28-24(31)16-2-7-20(8-3-16)35-21-9-4-17(5-10-21)26(33)34/h2-3,6-8,11,14-15,17,21H,4-5,9-10,12-13H2,1H3,(H,28,31)(H,29,32)(H,33,34). The number of halogens is 1. The Morgan fingerprint density at radius 1 is 0.971 bits per heavy atom. The van der Waals surface area contributed by atoms with Gasteiger partial charge in [-0.05, 0) is 74.2 Å². The van der Waals surface area contributed by atoms with Crippen molar-refractivity contribution >= 4 is 40.3 Å². The summed E-state index contributed by atoms with van der Waals surface area (Å²) in [6, 6.07) is 14.1. The molecule has 1 aliphatic carbocycles. The number of hydrogen-bond donors (Lipinski definition) is 3. The number of carboxylic acids is 1. The molecule has 0 aliphatic heterocycles. The number of rotatable bonds is 8. The Kier molecular flexibility index (Phi) is 7.60. The highest BCUT2D eigenvalue weighted by Gasteiger charge is 2.26. The van der Waals surface area contributed by atoms with Crippen LogP contribution >= 0.6 is 11.6 Å². The van der Waals surface area contributed by atoms with Gasteiger partial charge in [-0.15, -0.1) is 0 Å². The first-order valence-corrected chi connectivity index (χ1v) is 12.0. The number of nitrogens with zero attached hydrogens (tertiary/aromatic N) is 1. The van der Waals surface area contributed by atoms with Crippen molar-refractivity contribution in [1.29, 1.82) is 0 Å². The summed E-state index contributed by atoms with van der Waals surface area (Å²) in [5.41, 5.74) is 1.91. The Hall–Kier alpha value is -3.52. The van der Waals surface area contributed by atoms with Gasteiger partial charge in [0.2, 0.25) is 0 Å². The lowest BCUT2D eigenvalue weighted by Gasteiger charge is -2.26. The first kappa shape index (κ1) is 24.6. The summed E-state index contributed by atoms with van der Waals surface area (Å²) in [4.78, 5) is 36.1. The second-order valence-corrected chi connectivity index (χ2v) is 9.19. The summed E-state index contributed by atoms with van der Waals surface area (Å²) in [5.74, 6) is -0.835. The van der Waals surface area contributed by atoms with E-state index in [1.54, 1.807) is 41.0 Å². The van der Waals surface area contributed by atoms with Crippen molar-refractivity contribution in [1.82, 2.24) is 15.2 Å². The molecule has 0 spiro atoms. The van der Waals surface area contributed by atoms with E-state index in [0.29, 0.717) is 47.7 Å². The van der Waals surface area contributed by atoms with Crippen LogP contribution in [-0.4, -0.2) is 46.7 Å². The van der Waals surface area contributed by atoms with Crippen molar-refractivity contribution in [2.24, 2.45) is 13.0 Å². The quantitative estimate of drug-likeness (QED) is 0.407. The van der Waals surface area contributed by atoms with Gasteiger partial charge in [-0.25, -0.2) is 0 Å². The lowest BCUT2D eigenvalue weighted by Crippen LogP contribution is -2.35. The normalized spacial score (nSPS) is 17.7. The zero-order valence-electron chi connectivity index (χ0n) is 19.4. The number of fused-ring (bicyclic) bond motifs is 1. The minimum Gasteiger partial charge on any atom is -0.490 e. The number of benzene rings is 2. The van der Waals surface area contributed by atoms with E-state index in [0.717, 1.165) is 10.9 Å². The number of hydrogen-bond acceptors (Lipinski definition) is 4. The molecular formula is C26H28ClN3O5. The molecule has 8 nitrogen and oxygen atoms in total. The second-order valence-electron chi connectivity index (χ2n) is 8.76. The zero-order valence-corrected chi connectivity index (χ0v) is 20.2. The number of aliphatic carboxylic acids is 1. The average Bonchev–Trinajstić information content (AvgIpc) is 3.17. The molecule has 35 heavy (non-hydrogen) atoms. The fraction of sp³-hybridized carbons (Fsp3) is 0.346. The van der Waals surface area contributed by atoms with E-state index in [1.807, 2.05) is 19.2 Å². The van der Waals surface area contributed by atoms with Gasteiger partial charge in [-0.1, -0.05) is 11.6 Å². The van der Waals surface area contributed by atoms with E-state index in [4.69, 9.17) is 21.4 Å². The largest absolute Gasteiger partial charge is 0.490 e. The first-order chi connectivity index (χ1) is 16.8. The smallest absolute Gasteiger partial charge is 0.306 e. The molecule has 3 aromatic rings. The lowest BCUT2D eigenvalue weighted by atomic mass is 9.87. The lowest BCUT2D eigenvalue weighted by molar-refractivity contribution is -0.143. The van der Waals surface area contributed by atoms with Crippen LogP contribution in [0, 0.1) is 5.92 Å².